The first-order valence-electron chi connectivity index (χ1n) is 8.25. The van der Waals surface area contributed by atoms with Gasteiger partial charge in [0.2, 0.25) is 5.91 Å². The van der Waals surface area contributed by atoms with E-state index in [1.807, 2.05) is 23.1 Å². The first-order valence-corrected chi connectivity index (χ1v) is 9.32. The standard InChI is InChI=1S/C19H20INO2/c20-16-8-4-7-14(16)9-11-19-12-10-18(22)21(19)17(13-23-19)15-5-2-1-3-6-15/h1-8,14,17H,9-13H2/t14?,17-,19-/m0/s1. The minimum absolute atomic E-state index is 0.0694. The van der Waals surface area contributed by atoms with E-state index in [2.05, 4.69) is 53.0 Å². The highest BCUT2D eigenvalue weighted by molar-refractivity contribution is 14.1. The highest BCUT2D eigenvalue weighted by Gasteiger charge is 2.54. The number of ether oxygens (including phenoxy) is 1. The second-order valence-corrected chi connectivity index (χ2v) is 7.77. The first kappa shape index (κ1) is 15.4. The summed E-state index contributed by atoms with van der Waals surface area (Å²) in [5, 5.41) is 0. The van der Waals surface area contributed by atoms with Gasteiger partial charge in [0.25, 0.3) is 0 Å². The van der Waals surface area contributed by atoms with Crippen LogP contribution in [-0.4, -0.2) is 23.1 Å². The van der Waals surface area contributed by atoms with Gasteiger partial charge >= 0.3 is 0 Å². The summed E-state index contributed by atoms with van der Waals surface area (Å²) in [5.74, 6) is 0.727. The average molecular weight is 421 g/mol. The van der Waals surface area contributed by atoms with Crippen LogP contribution >= 0.6 is 22.6 Å². The minimum atomic E-state index is -0.384. The molecule has 3 atom stereocenters. The van der Waals surface area contributed by atoms with Gasteiger partial charge in [-0.15, -0.1) is 0 Å². The molecule has 1 unspecified atom stereocenters. The fourth-order valence-electron chi connectivity index (χ4n) is 4.03. The zero-order valence-corrected chi connectivity index (χ0v) is 15.1. The van der Waals surface area contributed by atoms with Gasteiger partial charge in [0.1, 0.15) is 5.72 Å². The number of benzene rings is 1. The number of carbonyl (C=O) groups excluding carboxylic acids is 1. The van der Waals surface area contributed by atoms with Crippen molar-refractivity contribution in [3.8, 4) is 0 Å². The van der Waals surface area contributed by atoms with Crippen LogP contribution in [0.15, 0.2) is 52.1 Å². The van der Waals surface area contributed by atoms with Gasteiger partial charge in [0.15, 0.2) is 0 Å². The SMILES string of the molecule is O=C1CC[C@]2(CCC3C=CC=C3I)OC[C@@H](c3ccccc3)N12. The van der Waals surface area contributed by atoms with Crippen molar-refractivity contribution < 1.29 is 9.53 Å². The molecule has 0 N–H and O–H groups in total. The Hall–Kier alpha value is -1.14. The van der Waals surface area contributed by atoms with Crippen molar-refractivity contribution in [2.24, 2.45) is 5.92 Å². The summed E-state index contributed by atoms with van der Waals surface area (Å²) in [4.78, 5) is 14.6. The molecule has 2 aliphatic heterocycles. The Labute approximate surface area is 150 Å². The monoisotopic (exact) mass is 421 g/mol. The number of amides is 1. The lowest BCUT2D eigenvalue weighted by molar-refractivity contribution is -0.139. The second kappa shape index (κ2) is 6.06. The molecule has 3 aliphatic rings. The summed E-state index contributed by atoms with van der Waals surface area (Å²) in [5.41, 5.74) is 0.796. The van der Waals surface area contributed by atoms with Gasteiger partial charge in [-0.25, -0.2) is 0 Å². The van der Waals surface area contributed by atoms with Crippen molar-refractivity contribution in [3.05, 3.63) is 57.7 Å². The smallest absolute Gasteiger partial charge is 0.225 e. The van der Waals surface area contributed by atoms with Crippen LogP contribution in [0, 0.1) is 5.92 Å². The van der Waals surface area contributed by atoms with Crippen molar-refractivity contribution in [1.29, 1.82) is 0 Å². The van der Waals surface area contributed by atoms with Crippen LogP contribution in [-0.2, 0) is 9.53 Å². The Bertz CT molecular complexity index is 669. The Balaban J connectivity index is 1.55. The third kappa shape index (κ3) is 2.66. The maximum Gasteiger partial charge on any atom is 0.225 e. The van der Waals surface area contributed by atoms with Crippen LogP contribution < -0.4 is 0 Å². The molecule has 23 heavy (non-hydrogen) atoms. The van der Waals surface area contributed by atoms with Crippen LogP contribution in [0.4, 0.5) is 0 Å². The maximum atomic E-state index is 12.5. The highest BCUT2D eigenvalue weighted by Crippen LogP contribution is 2.48. The van der Waals surface area contributed by atoms with Gasteiger partial charge in [0, 0.05) is 18.8 Å². The molecule has 0 aromatic heterocycles. The summed E-state index contributed by atoms with van der Waals surface area (Å²) in [7, 11) is 0. The zero-order valence-electron chi connectivity index (χ0n) is 13.0. The van der Waals surface area contributed by atoms with E-state index in [9.17, 15) is 4.79 Å². The van der Waals surface area contributed by atoms with Gasteiger partial charge in [-0.2, -0.15) is 0 Å². The second-order valence-electron chi connectivity index (χ2n) is 6.53. The van der Waals surface area contributed by atoms with Crippen LogP contribution in [0.2, 0.25) is 0 Å². The normalized spacial score (nSPS) is 32.5. The molecule has 0 bridgehead atoms. The summed E-state index contributed by atoms with van der Waals surface area (Å²) in [6.07, 6.45) is 9.94. The number of rotatable bonds is 4. The molecule has 4 heteroatoms. The van der Waals surface area contributed by atoms with Crippen LogP contribution in [0.1, 0.15) is 37.3 Å². The Morgan fingerprint density at radius 2 is 2.13 bits per heavy atom. The molecular weight excluding hydrogens is 401 g/mol. The van der Waals surface area contributed by atoms with E-state index in [1.54, 1.807) is 0 Å². The van der Waals surface area contributed by atoms with Crippen LogP contribution in [0.3, 0.4) is 0 Å². The number of carbonyl (C=O) groups is 1. The number of hydrogen-bond acceptors (Lipinski definition) is 2. The fraction of sp³-hybridized carbons (Fsp3) is 0.421. The summed E-state index contributed by atoms with van der Waals surface area (Å²) >= 11 is 2.41. The molecule has 2 saturated heterocycles. The molecule has 1 aromatic rings. The van der Waals surface area contributed by atoms with Crippen LogP contribution in [0.25, 0.3) is 0 Å². The van der Waals surface area contributed by atoms with Crippen molar-refractivity contribution in [1.82, 2.24) is 4.90 Å². The molecule has 1 amide bonds. The van der Waals surface area contributed by atoms with Gasteiger partial charge < -0.3 is 9.64 Å². The van der Waals surface area contributed by atoms with E-state index in [0.29, 0.717) is 18.9 Å². The largest absolute Gasteiger partial charge is 0.353 e. The lowest BCUT2D eigenvalue weighted by atomic mass is 9.96. The van der Waals surface area contributed by atoms with Crippen molar-refractivity contribution in [3.63, 3.8) is 0 Å². The van der Waals surface area contributed by atoms with Crippen LogP contribution in [0.5, 0.6) is 0 Å². The molecule has 0 spiro atoms. The number of halogens is 1. The first-order chi connectivity index (χ1) is 11.2. The van der Waals surface area contributed by atoms with Gasteiger partial charge in [-0.1, -0.05) is 48.6 Å². The molecular formula is C19H20INO2. The molecule has 1 aromatic carbocycles. The van der Waals surface area contributed by atoms with Gasteiger partial charge in [-0.3, -0.25) is 4.79 Å². The molecule has 1 aliphatic carbocycles. The molecule has 0 radical (unpaired) electrons. The number of allylic oxidation sites excluding steroid dienone is 4. The topological polar surface area (TPSA) is 29.5 Å². The lowest BCUT2D eigenvalue weighted by Gasteiger charge is -2.34. The Morgan fingerprint density at radius 3 is 2.87 bits per heavy atom. The average Bonchev–Trinajstić information content (AvgIpc) is 3.23. The minimum Gasteiger partial charge on any atom is -0.353 e. The predicted octanol–water partition coefficient (Wildman–Crippen LogP) is 4.36. The number of hydrogen-bond donors (Lipinski definition) is 0. The van der Waals surface area contributed by atoms with E-state index in [1.165, 1.54) is 9.14 Å². The van der Waals surface area contributed by atoms with Gasteiger partial charge in [-0.05, 0) is 44.6 Å². The number of nitrogens with zero attached hydrogens (tertiary/aromatic N) is 1. The number of fused-ring (bicyclic) bond motifs is 1. The van der Waals surface area contributed by atoms with E-state index < -0.39 is 0 Å². The third-order valence-electron chi connectivity index (χ3n) is 5.24. The summed E-state index contributed by atoms with van der Waals surface area (Å²) in [6.45, 7) is 0.614. The molecule has 3 nitrogen and oxygen atoms in total. The molecule has 120 valence electrons. The maximum absolute atomic E-state index is 12.5. The quantitative estimate of drug-likeness (QED) is 0.677. The van der Waals surface area contributed by atoms with Crippen molar-refractivity contribution in [2.45, 2.75) is 37.5 Å². The third-order valence-corrected chi connectivity index (χ3v) is 6.40. The fourth-order valence-corrected chi connectivity index (χ4v) is 4.76. The van der Waals surface area contributed by atoms with E-state index in [4.69, 9.17) is 4.74 Å². The van der Waals surface area contributed by atoms with E-state index >= 15 is 0 Å². The molecule has 2 heterocycles. The highest BCUT2D eigenvalue weighted by atomic mass is 127. The molecule has 2 fully saturated rings. The van der Waals surface area contributed by atoms with Gasteiger partial charge in [0.05, 0.1) is 12.6 Å². The summed E-state index contributed by atoms with van der Waals surface area (Å²) in [6, 6.07) is 10.3. The molecule has 4 rings (SSSR count). The van der Waals surface area contributed by atoms with Crippen molar-refractivity contribution >= 4 is 28.5 Å². The summed E-state index contributed by atoms with van der Waals surface area (Å²) < 4.78 is 7.64. The Kier molecular flexibility index (Phi) is 4.05. The molecule has 0 saturated carbocycles. The zero-order chi connectivity index (χ0) is 15.9. The Morgan fingerprint density at radius 1 is 1.30 bits per heavy atom. The predicted molar refractivity (Wildman–Crippen MR) is 97.9 cm³/mol. The van der Waals surface area contributed by atoms with E-state index in [-0.39, 0.29) is 17.7 Å². The lowest BCUT2D eigenvalue weighted by Crippen LogP contribution is -2.42. The van der Waals surface area contributed by atoms with Crippen molar-refractivity contribution in [2.75, 3.05) is 6.61 Å². The van der Waals surface area contributed by atoms with E-state index in [0.717, 1.165) is 19.3 Å².